The molecule has 1 saturated heterocycles. The van der Waals surface area contributed by atoms with Gasteiger partial charge in [0.25, 0.3) is 5.91 Å². The first kappa shape index (κ1) is 9.93. The van der Waals surface area contributed by atoms with Crippen molar-refractivity contribution in [2.24, 2.45) is 0 Å². The molecule has 74 valence electrons. The molecule has 13 heavy (non-hydrogen) atoms. The number of rotatable bonds is 3. The highest BCUT2D eigenvalue weighted by Crippen LogP contribution is 1.91. The van der Waals surface area contributed by atoms with Crippen molar-refractivity contribution < 1.29 is 18.0 Å². The highest BCUT2D eigenvalue weighted by molar-refractivity contribution is 7.88. The molecule has 1 aliphatic heterocycles. The predicted octanol–water partition coefficient (Wildman–Crippen LogP) is -2.26. The van der Waals surface area contributed by atoms with Gasteiger partial charge in [-0.1, -0.05) is 0 Å². The molecule has 1 unspecified atom stereocenters. The number of carbonyl (C=O) groups is 2. The van der Waals surface area contributed by atoms with E-state index in [1.54, 1.807) is 0 Å². The van der Waals surface area contributed by atoms with E-state index in [2.05, 4.69) is 10.0 Å². The quantitative estimate of drug-likeness (QED) is 0.454. The third kappa shape index (κ3) is 2.99. The van der Waals surface area contributed by atoms with Crippen LogP contribution in [0.25, 0.3) is 0 Å². The predicted molar refractivity (Wildman–Crippen MR) is 43.3 cm³/mol. The molecule has 1 heterocycles. The molecular formula is C5H9N3O4S. The number of urea groups is 1. The molecule has 1 fully saturated rings. The minimum absolute atomic E-state index is 0.129. The minimum Gasteiger partial charge on any atom is -0.325 e. The summed E-state index contributed by atoms with van der Waals surface area (Å²) in [5.41, 5.74) is 0. The first-order valence-electron chi connectivity index (χ1n) is 3.44. The van der Waals surface area contributed by atoms with Gasteiger partial charge in [-0.25, -0.2) is 17.9 Å². The lowest BCUT2D eigenvalue weighted by Crippen LogP contribution is -2.41. The summed E-state index contributed by atoms with van der Waals surface area (Å²) in [6, 6.07) is -1.42. The fourth-order valence-electron chi connectivity index (χ4n) is 0.837. The zero-order valence-electron chi connectivity index (χ0n) is 6.83. The van der Waals surface area contributed by atoms with Gasteiger partial charge in [0.1, 0.15) is 6.04 Å². The van der Waals surface area contributed by atoms with Gasteiger partial charge in [0.05, 0.1) is 6.26 Å². The Kier molecular flexibility index (Phi) is 2.52. The van der Waals surface area contributed by atoms with Gasteiger partial charge in [-0.05, 0) is 0 Å². The van der Waals surface area contributed by atoms with Crippen molar-refractivity contribution in [3.8, 4) is 0 Å². The number of nitrogens with one attached hydrogen (secondary N) is 3. The molecule has 0 aliphatic carbocycles. The number of hydrogen-bond donors (Lipinski definition) is 3. The molecular weight excluding hydrogens is 198 g/mol. The SMILES string of the molecule is CS(=O)(=O)NCC1NC(=O)NC1=O. The van der Waals surface area contributed by atoms with E-state index in [0.29, 0.717) is 0 Å². The van der Waals surface area contributed by atoms with Crippen molar-refractivity contribution >= 4 is 22.0 Å². The van der Waals surface area contributed by atoms with Crippen molar-refractivity contribution in [3.05, 3.63) is 0 Å². The van der Waals surface area contributed by atoms with E-state index < -0.39 is 28.0 Å². The third-order valence-corrected chi connectivity index (χ3v) is 2.10. The highest BCUT2D eigenvalue weighted by Gasteiger charge is 2.29. The monoisotopic (exact) mass is 207 g/mol. The Balaban J connectivity index is 2.47. The lowest BCUT2D eigenvalue weighted by atomic mass is 10.3. The summed E-state index contributed by atoms with van der Waals surface area (Å²) in [4.78, 5) is 21.4. The van der Waals surface area contributed by atoms with Crippen molar-refractivity contribution in [2.75, 3.05) is 12.8 Å². The van der Waals surface area contributed by atoms with E-state index in [4.69, 9.17) is 0 Å². The Morgan fingerprint density at radius 3 is 2.46 bits per heavy atom. The Bertz CT molecular complexity index is 336. The molecule has 1 atom stereocenters. The number of imide groups is 1. The maximum atomic E-state index is 10.9. The lowest BCUT2D eigenvalue weighted by Gasteiger charge is -2.06. The number of carbonyl (C=O) groups excluding carboxylic acids is 2. The standard InChI is InChI=1S/C5H9N3O4S/c1-13(11,12)6-2-3-4(9)8-5(10)7-3/h3,6H,2H2,1H3,(H2,7,8,9,10). The summed E-state index contributed by atoms with van der Waals surface area (Å²) in [7, 11) is -3.33. The number of sulfonamides is 1. The van der Waals surface area contributed by atoms with Crippen LogP contribution in [-0.4, -0.2) is 39.2 Å². The van der Waals surface area contributed by atoms with E-state index in [-0.39, 0.29) is 6.54 Å². The van der Waals surface area contributed by atoms with Crippen LogP contribution >= 0.6 is 0 Å². The molecule has 7 nitrogen and oxygen atoms in total. The van der Waals surface area contributed by atoms with Gasteiger partial charge in [0, 0.05) is 6.54 Å². The summed E-state index contributed by atoms with van der Waals surface area (Å²) >= 11 is 0. The summed E-state index contributed by atoms with van der Waals surface area (Å²) in [5, 5.41) is 4.23. The number of amides is 3. The van der Waals surface area contributed by atoms with Crippen LogP contribution in [0.5, 0.6) is 0 Å². The molecule has 0 bridgehead atoms. The van der Waals surface area contributed by atoms with Crippen molar-refractivity contribution in [3.63, 3.8) is 0 Å². The third-order valence-electron chi connectivity index (χ3n) is 1.41. The topological polar surface area (TPSA) is 104 Å². The maximum absolute atomic E-state index is 10.9. The second-order valence-electron chi connectivity index (χ2n) is 2.64. The number of hydrogen-bond acceptors (Lipinski definition) is 4. The van der Waals surface area contributed by atoms with Gasteiger partial charge >= 0.3 is 6.03 Å². The fourth-order valence-corrected chi connectivity index (χ4v) is 1.31. The zero-order chi connectivity index (χ0) is 10.1. The summed E-state index contributed by atoms with van der Waals surface area (Å²) in [6.07, 6.45) is 0.974. The minimum atomic E-state index is -3.33. The van der Waals surface area contributed by atoms with E-state index in [0.717, 1.165) is 6.26 Å². The largest absolute Gasteiger partial charge is 0.325 e. The molecule has 0 spiro atoms. The first-order valence-corrected chi connectivity index (χ1v) is 5.33. The molecule has 0 aromatic rings. The zero-order valence-corrected chi connectivity index (χ0v) is 7.64. The maximum Gasteiger partial charge on any atom is 0.322 e. The van der Waals surface area contributed by atoms with E-state index in [9.17, 15) is 18.0 Å². The first-order chi connectivity index (χ1) is 5.88. The molecule has 8 heteroatoms. The fraction of sp³-hybridized carbons (Fsp3) is 0.600. The van der Waals surface area contributed by atoms with Gasteiger partial charge in [-0.3, -0.25) is 10.1 Å². The van der Waals surface area contributed by atoms with Gasteiger partial charge in [0.2, 0.25) is 10.0 Å². The summed E-state index contributed by atoms with van der Waals surface area (Å²) < 4.78 is 23.4. The normalized spacial score (nSPS) is 22.7. The Morgan fingerprint density at radius 2 is 2.08 bits per heavy atom. The summed E-state index contributed by atoms with van der Waals surface area (Å²) in [6.45, 7) is -0.129. The van der Waals surface area contributed by atoms with Crippen molar-refractivity contribution in [1.82, 2.24) is 15.4 Å². The summed E-state index contributed by atoms with van der Waals surface area (Å²) in [5.74, 6) is -0.527. The second kappa shape index (κ2) is 3.30. The van der Waals surface area contributed by atoms with Crippen LogP contribution in [0.2, 0.25) is 0 Å². The van der Waals surface area contributed by atoms with Gasteiger partial charge < -0.3 is 5.32 Å². The van der Waals surface area contributed by atoms with Crippen LogP contribution < -0.4 is 15.4 Å². The van der Waals surface area contributed by atoms with Crippen LogP contribution in [0.3, 0.4) is 0 Å². The smallest absolute Gasteiger partial charge is 0.322 e. The van der Waals surface area contributed by atoms with Crippen LogP contribution in [0.4, 0.5) is 4.79 Å². The van der Waals surface area contributed by atoms with Gasteiger partial charge in [-0.2, -0.15) is 0 Å². The van der Waals surface area contributed by atoms with Crippen molar-refractivity contribution in [1.29, 1.82) is 0 Å². The molecule has 3 amide bonds. The van der Waals surface area contributed by atoms with Crippen LogP contribution in [0.1, 0.15) is 0 Å². The average Bonchev–Trinajstić information content (AvgIpc) is 2.24. The van der Waals surface area contributed by atoms with E-state index in [1.807, 2.05) is 5.32 Å². The molecule has 3 N–H and O–H groups in total. The lowest BCUT2D eigenvalue weighted by molar-refractivity contribution is -0.120. The van der Waals surface area contributed by atoms with Crippen molar-refractivity contribution in [2.45, 2.75) is 6.04 Å². The van der Waals surface area contributed by atoms with Gasteiger partial charge in [-0.15, -0.1) is 0 Å². The molecule has 1 aliphatic rings. The Labute approximate surface area is 74.9 Å². The molecule has 0 saturated carbocycles. The average molecular weight is 207 g/mol. The van der Waals surface area contributed by atoms with E-state index in [1.165, 1.54) is 0 Å². The second-order valence-corrected chi connectivity index (χ2v) is 4.47. The van der Waals surface area contributed by atoms with E-state index >= 15 is 0 Å². The Hall–Kier alpha value is -1.15. The Morgan fingerprint density at radius 1 is 1.46 bits per heavy atom. The molecule has 0 radical (unpaired) electrons. The molecule has 1 rings (SSSR count). The van der Waals surface area contributed by atoms with Crippen LogP contribution in [0.15, 0.2) is 0 Å². The van der Waals surface area contributed by atoms with Crippen LogP contribution in [-0.2, 0) is 14.8 Å². The molecule has 0 aromatic heterocycles. The molecule has 0 aromatic carbocycles. The highest BCUT2D eigenvalue weighted by atomic mass is 32.2. The van der Waals surface area contributed by atoms with Gasteiger partial charge in [0.15, 0.2) is 0 Å². The van der Waals surface area contributed by atoms with Crippen LogP contribution in [0, 0.1) is 0 Å².